The van der Waals surface area contributed by atoms with Crippen LogP contribution in [0.4, 0.5) is 10.5 Å². The second-order valence-electron chi connectivity index (χ2n) is 7.24. The van der Waals surface area contributed by atoms with Crippen LogP contribution in [0.3, 0.4) is 0 Å². The Hall–Kier alpha value is -3.72. The highest BCUT2D eigenvalue weighted by Gasteiger charge is 2.19. The summed E-state index contributed by atoms with van der Waals surface area (Å²) in [6.45, 7) is 6.78. The Balaban J connectivity index is 1.60. The van der Waals surface area contributed by atoms with Crippen molar-refractivity contribution in [2.24, 2.45) is 0 Å². The van der Waals surface area contributed by atoms with Gasteiger partial charge in [-0.2, -0.15) is 5.10 Å². The van der Waals surface area contributed by atoms with E-state index in [0.717, 1.165) is 22.5 Å². The smallest absolute Gasteiger partial charge is 0.359 e. The number of anilines is 1. The van der Waals surface area contributed by atoms with Crippen LogP contribution in [0.1, 0.15) is 33.0 Å². The molecule has 0 saturated carbocycles. The molecular weight excluding hydrogens is 434 g/mol. The molecule has 0 fully saturated rings. The number of urea groups is 1. The summed E-state index contributed by atoms with van der Waals surface area (Å²) in [5, 5.41) is 9.06. The topological polar surface area (TPSA) is 115 Å². The van der Waals surface area contributed by atoms with Gasteiger partial charge in [0.05, 0.1) is 10.7 Å². The predicted molar refractivity (Wildman–Crippen MR) is 119 cm³/mol. The van der Waals surface area contributed by atoms with Gasteiger partial charge in [0.25, 0.3) is 5.91 Å². The number of hydrogen-bond acceptors (Lipinski definition) is 6. The molecule has 2 N–H and O–H groups in total. The fourth-order valence-electron chi connectivity index (χ4n) is 3.02. The molecule has 0 aliphatic heterocycles. The van der Waals surface area contributed by atoms with Crippen LogP contribution in [-0.4, -0.2) is 39.3 Å². The van der Waals surface area contributed by atoms with Crippen molar-refractivity contribution in [3.05, 3.63) is 69.6 Å². The molecule has 166 valence electrons. The van der Waals surface area contributed by atoms with Crippen LogP contribution in [0.5, 0.6) is 0 Å². The van der Waals surface area contributed by atoms with Gasteiger partial charge in [-0.25, -0.2) is 19.3 Å². The number of nitrogens with one attached hydrogen (secondary N) is 2. The van der Waals surface area contributed by atoms with Crippen LogP contribution in [-0.2, 0) is 9.53 Å². The predicted octanol–water partition coefficient (Wildman–Crippen LogP) is 3.66. The van der Waals surface area contributed by atoms with Gasteiger partial charge in [0.15, 0.2) is 18.1 Å². The molecule has 32 heavy (non-hydrogen) atoms. The van der Waals surface area contributed by atoms with Gasteiger partial charge in [-0.1, -0.05) is 29.3 Å². The Bertz CT molecular complexity index is 1210. The number of rotatable bonds is 5. The van der Waals surface area contributed by atoms with E-state index in [0.29, 0.717) is 11.5 Å². The average molecular weight is 456 g/mol. The molecule has 3 aromatic rings. The van der Waals surface area contributed by atoms with E-state index in [2.05, 4.69) is 20.7 Å². The van der Waals surface area contributed by atoms with Gasteiger partial charge in [-0.3, -0.25) is 10.1 Å². The molecule has 2 heterocycles. The number of hydrogen-bond donors (Lipinski definition) is 2. The number of amides is 3. The fourth-order valence-corrected chi connectivity index (χ4v) is 3.21. The Kier molecular flexibility index (Phi) is 6.89. The second-order valence-corrected chi connectivity index (χ2v) is 7.64. The number of halogens is 1. The Labute approximate surface area is 189 Å². The van der Waals surface area contributed by atoms with Crippen molar-refractivity contribution in [2.45, 2.75) is 27.7 Å². The molecule has 3 rings (SSSR count). The lowest BCUT2D eigenvalue weighted by Gasteiger charge is -2.10. The molecule has 0 bridgehead atoms. The Morgan fingerprint density at radius 1 is 1.06 bits per heavy atom. The summed E-state index contributed by atoms with van der Waals surface area (Å²) in [5.41, 5.74) is 3.91. The molecule has 0 spiro atoms. The largest absolute Gasteiger partial charge is 0.451 e. The zero-order chi connectivity index (χ0) is 23.4. The summed E-state index contributed by atoms with van der Waals surface area (Å²) in [5.74, 6) is -1.32. The molecule has 0 radical (unpaired) electrons. The summed E-state index contributed by atoms with van der Waals surface area (Å²) in [6, 6.07) is 9.71. The quantitative estimate of drug-likeness (QED) is 0.567. The van der Waals surface area contributed by atoms with Crippen molar-refractivity contribution < 1.29 is 19.1 Å². The third kappa shape index (κ3) is 5.50. The van der Waals surface area contributed by atoms with E-state index in [1.807, 2.05) is 45.9 Å². The number of imide groups is 1. The lowest BCUT2D eigenvalue weighted by atomic mass is 10.1. The minimum Gasteiger partial charge on any atom is -0.451 e. The van der Waals surface area contributed by atoms with Crippen LogP contribution in [0, 0.1) is 27.7 Å². The first kappa shape index (κ1) is 23.0. The molecule has 1 aromatic carbocycles. The highest BCUT2D eigenvalue weighted by molar-refractivity contribution is 6.33. The standard InChI is InChI=1S/C22H22ClN5O4/c1-12-5-7-17(13(2)9-12)24-22(31)26-19(29)11-32-21(30)20-16(23)6-8-18(25-20)28-15(4)10-14(3)27-28/h5-10H,11H2,1-4H3,(H2,24,26,29,31). The van der Waals surface area contributed by atoms with E-state index in [9.17, 15) is 14.4 Å². The zero-order valence-corrected chi connectivity index (χ0v) is 18.8. The van der Waals surface area contributed by atoms with E-state index in [-0.39, 0.29) is 10.7 Å². The minimum atomic E-state index is -0.900. The number of ether oxygens (including phenoxy) is 1. The summed E-state index contributed by atoms with van der Waals surface area (Å²) in [4.78, 5) is 40.7. The van der Waals surface area contributed by atoms with Crippen molar-refractivity contribution in [1.29, 1.82) is 0 Å². The molecule has 0 unspecified atom stereocenters. The van der Waals surface area contributed by atoms with Crippen molar-refractivity contribution >= 4 is 35.2 Å². The van der Waals surface area contributed by atoms with Crippen LogP contribution < -0.4 is 10.6 Å². The number of benzene rings is 1. The fraction of sp³-hybridized carbons (Fsp3) is 0.227. The first-order chi connectivity index (χ1) is 15.1. The lowest BCUT2D eigenvalue weighted by Crippen LogP contribution is -2.37. The van der Waals surface area contributed by atoms with Crippen molar-refractivity contribution in [2.75, 3.05) is 11.9 Å². The highest BCUT2D eigenvalue weighted by Crippen LogP contribution is 2.19. The van der Waals surface area contributed by atoms with Crippen molar-refractivity contribution in [3.8, 4) is 5.82 Å². The van der Waals surface area contributed by atoms with Gasteiger partial charge < -0.3 is 10.1 Å². The summed E-state index contributed by atoms with van der Waals surface area (Å²) < 4.78 is 6.54. The molecule has 10 heteroatoms. The highest BCUT2D eigenvalue weighted by atomic mass is 35.5. The number of carbonyl (C=O) groups is 3. The molecular formula is C22H22ClN5O4. The van der Waals surface area contributed by atoms with Gasteiger partial charge in [0.2, 0.25) is 0 Å². The third-order valence-corrected chi connectivity index (χ3v) is 4.77. The maximum Gasteiger partial charge on any atom is 0.359 e. The molecule has 0 atom stereocenters. The number of nitrogens with zero attached hydrogens (tertiary/aromatic N) is 3. The van der Waals surface area contributed by atoms with E-state index in [4.69, 9.17) is 16.3 Å². The van der Waals surface area contributed by atoms with E-state index in [1.54, 1.807) is 16.8 Å². The molecule has 2 aromatic heterocycles. The van der Waals surface area contributed by atoms with E-state index < -0.39 is 24.5 Å². The van der Waals surface area contributed by atoms with Crippen LogP contribution >= 0.6 is 11.6 Å². The number of aromatic nitrogens is 3. The van der Waals surface area contributed by atoms with Crippen LogP contribution in [0.15, 0.2) is 36.4 Å². The summed E-state index contributed by atoms with van der Waals surface area (Å²) in [7, 11) is 0. The second kappa shape index (κ2) is 9.61. The maximum atomic E-state index is 12.4. The normalized spacial score (nSPS) is 10.5. The monoisotopic (exact) mass is 455 g/mol. The van der Waals surface area contributed by atoms with Crippen molar-refractivity contribution in [1.82, 2.24) is 20.1 Å². The van der Waals surface area contributed by atoms with Gasteiger partial charge in [-0.05, 0) is 57.5 Å². The van der Waals surface area contributed by atoms with E-state index >= 15 is 0 Å². The Morgan fingerprint density at radius 2 is 1.81 bits per heavy atom. The van der Waals surface area contributed by atoms with Gasteiger partial charge >= 0.3 is 12.0 Å². The summed E-state index contributed by atoms with van der Waals surface area (Å²) >= 11 is 6.08. The van der Waals surface area contributed by atoms with Crippen LogP contribution in [0.2, 0.25) is 5.02 Å². The molecule has 9 nitrogen and oxygen atoms in total. The van der Waals surface area contributed by atoms with Crippen LogP contribution in [0.25, 0.3) is 5.82 Å². The first-order valence-electron chi connectivity index (χ1n) is 9.69. The SMILES string of the molecule is Cc1ccc(NC(=O)NC(=O)COC(=O)c2nc(-n3nc(C)cc3C)ccc2Cl)c(C)c1. The summed E-state index contributed by atoms with van der Waals surface area (Å²) in [6.07, 6.45) is 0. The molecule has 0 aliphatic rings. The number of aryl methyl sites for hydroxylation is 4. The maximum absolute atomic E-state index is 12.4. The number of pyridine rings is 1. The first-order valence-corrected chi connectivity index (χ1v) is 10.1. The third-order valence-electron chi connectivity index (χ3n) is 4.47. The molecule has 0 aliphatic carbocycles. The van der Waals surface area contributed by atoms with Gasteiger partial charge in [0, 0.05) is 11.4 Å². The van der Waals surface area contributed by atoms with E-state index in [1.165, 1.54) is 6.07 Å². The number of esters is 1. The average Bonchev–Trinajstić information content (AvgIpc) is 3.06. The molecule has 3 amide bonds. The van der Waals surface area contributed by atoms with Gasteiger partial charge in [0.1, 0.15) is 0 Å². The lowest BCUT2D eigenvalue weighted by molar-refractivity contribution is -0.123. The molecule has 0 saturated heterocycles. The number of carbonyl (C=O) groups excluding carboxylic acids is 3. The Morgan fingerprint density at radius 3 is 2.47 bits per heavy atom. The van der Waals surface area contributed by atoms with Gasteiger partial charge in [-0.15, -0.1) is 0 Å². The zero-order valence-electron chi connectivity index (χ0n) is 18.0. The minimum absolute atomic E-state index is 0.0632. The van der Waals surface area contributed by atoms with Crippen molar-refractivity contribution in [3.63, 3.8) is 0 Å².